The van der Waals surface area contributed by atoms with Gasteiger partial charge in [0.1, 0.15) is 11.0 Å². The van der Waals surface area contributed by atoms with E-state index in [1.54, 1.807) is 6.07 Å². The summed E-state index contributed by atoms with van der Waals surface area (Å²) in [5.74, 6) is 0.815. The van der Waals surface area contributed by atoms with Gasteiger partial charge < -0.3 is 15.8 Å². The van der Waals surface area contributed by atoms with Crippen molar-refractivity contribution >= 4 is 23.4 Å². The number of rotatable bonds is 3. The monoisotopic (exact) mass is 242 g/mol. The lowest BCUT2D eigenvalue weighted by atomic mass is 10.1. The van der Waals surface area contributed by atoms with Crippen LogP contribution in [0.5, 0.6) is 0 Å². The van der Waals surface area contributed by atoms with Gasteiger partial charge in [0.25, 0.3) is 0 Å². The van der Waals surface area contributed by atoms with Crippen molar-refractivity contribution < 1.29 is 4.74 Å². The zero-order valence-corrected chi connectivity index (χ0v) is 9.87. The summed E-state index contributed by atoms with van der Waals surface area (Å²) < 4.78 is 5.58. The summed E-state index contributed by atoms with van der Waals surface area (Å²) in [5.41, 5.74) is 5.51. The van der Waals surface area contributed by atoms with Crippen LogP contribution in [0.3, 0.4) is 0 Å². The van der Waals surface area contributed by atoms with E-state index in [4.69, 9.17) is 22.1 Å². The topological polar surface area (TPSA) is 73.1 Å². The van der Waals surface area contributed by atoms with Gasteiger partial charge in [-0.05, 0) is 19.8 Å². The molecule has 0 saturated carbocycles. The third kappa shape index (κ3) is 2.74. The zero-order chi connectivity index (χ0) is 11.5. The molecule has 88 valence electrons. The fourth-order valence-electron chi connectivity index (χ4n) is 1.83. The lowest BCUT2D eigenvalue weighted by Crippen LogP contribution is -2.30. The van der Waals surface area contributed by atoms with Crippen LogP contribution in [-0.2, 0) is 4.74 Å². The summed E-state index contributed by atoms with van der Waals surface area (Å²) in [6.07, 6.45) is 2.42. The molecule has 1 fully saturated rings. The first-order valence-corrected chi connectivity index (χ1v) is 5.71. The van der Waals surface area contributed by atoms with E-state index in [1.807, 2.05) is 0 Å². The second-order valence-corrected chi connectivity index (χ2v) is 4.31. The smallest absolute Gasteiger partial charge is 0.223 e. The van der Waals surface area contributed by atoms with Crippen LogP contribution in [0.2, 0.25) is 5.15 Å². The van der Waals surface area contributed by atoms with E-state index in [9.17, 15) is 0 Å². The molecule has 0 spiro atoms. The molecule has 3 N–H and O–H groups in total. The van der Waals surface area contributed by atoms with E-state index in [-0.39, 0.29) is 18.1 Å². The number of nitrogen functional groups attached to an aromatic ring is 1. The van der Waals surface area contributed by atoms with Crippen molar-refractivity contribution in [3.8, 4) is 0 Å². The van der Waals surface area contributed by atoms with Gasteiger partial charge in [0.05, 0.1) is 12.1 Å². The molecule has 2 unspecified atom stereocenters. The molecule has 2 atom stereocenters. The van der Waals surface area contributed by atoms with Crippen LogP contribution in [0.1, 0.15) is 19.8 Å². The summed E-state index contributed by atoms with van der Waals surface area (Å²) in [5, 5.41) is 3.57. The van der Waals surface area contributed by atoms with Crippen molar-refractivity contribution in [2.45, 2.75) is 31.9 Å². The van der Waals surface area contributed by atoms with Gasteiger partial charge >= 0.3 is 0 Å². The van der Waals surface area contributed by atoms with E-state index in [1.165, 1.54) is 0 Å². The number of ether oxygens (including phenoxy) is 1. The van der Waals surface area contributed by atoms with Crippen molar-refractivity contribution in [3.63, 3.8) is 0 Å². The molecule has 2 rings (SSSR count). The summed E-state index contributed by atoms with van der Waals surface area (Å²) >= 11 is 5.79. The molecule has 1 aromatic heterocycles. The lowest BCUT2D eigenvalue weighted by Gasteiger charge is -2.20. The van der Waals surface area contributed by atoms with E-state index < -0.39 is 0 Å². The highest BCUT2D eigenvalue weighted by molar-refractivity contribution is 6.29. The van der Waals surface area contributed by atoms with Crippen LogP contribution in [0.25, 0.3) is 0 Å². The van der Waals surface area contributed by atoms with Crippen molar-refractivity contribution in [2.24, 2.45) is 0 Å². The number of anilines is 2. The predicted molar refractivity (Wildman–Crippen MR) is 63.5 cm³/mol. The maximum atomic E-state index is 5.79. The van der Waals surface area contributed by atoms with E-state index >= 15 is 0 Å². The van der Waals surface area contributed by atoms with E-state index in [2.05, 4.69) is 22.2 Å². The Balaban J connectivity index is 2.02. The fraction of sp³-hybridized carbons (Fsp3) is 0.600. The molecule has 0 aliphatic carbocycles. The van der Waals surface area contributed by atoms with E-state index in [0.717, 1.165) is 19.4 Å². The molecular formula is C10H15ClN4O. The van der Waals surface area contributed by atoms with Crippen LogP contribution in [0, 0.1) is 0 Å². The largest absolute Gasteiger partial charge is 0.376 e. The van der Waals surface area contributed by atoms with Crippen molar-refractivity contribution in [1.82, 2.24) is 9.97 Å². The normalized spacial score (nSPS) is 22.0. The third-order valence-corrected chi connectivity index (χ3v) is 2.80. The summed E-state index contributed by atoms with van der Waals surface area (Å²) in [4.78, 5) is 7.86. The highest BCUT2D eigenvalue weighted by atomic mass is 35.5. The fourth-order valence-corrected chi connectivity index (χ4v) is 2.02. The minimum Gasteiger partial charge on any atom is -0.376 e. The van der Waals surface area contributed by atoms with Gasteiger partial charge in [-0.15, -0.1) is 0 Å². The Labute approximate surface area is 99.4 Å². The Morgan fingerprint density at radius 3 is 3.06 bits per heavy atom. The third-order valence-electron chi connectivity index (χ3n) is 2.61. The molecule has 6 heteroatoms. The summed E-state index contributed by atoms with van der Waals surface area (Å²) in [7, 11) is 0. The molecule has 2 heterocycles. The first-order chi connectivity index (χ1) is 7.65. The Morgan fingerprint density at radius 1 is 1.62 bits per heavy atom. The van der Waals surface area contributed by atoms with Gasteiger partial charge in [0.15, 0.2) is 0 Å². The second-order valence-electron chi connectivity index (χ2n) is 3.92. The molecule has 1 aromatic rings. The van der Waals surface area contributed by atoms with Gasteiger partial charge in [-0.1, -0.05) is 11.6 Å². The highest BCUT2D eigenvalue weighted by Crippen LogP contribution is 2.19. The maximum Gasteiger partial charge on any atom is 0.223 e. The number of halogens is 1. The van der Waals surface area contributed by atoms with Crippen LogP contribution in [0.4, 0.5) is 11.8 Å². The van der Waals surface area contributed by atoms with Crippen molar-refractivity contribution in [2.75, 3.05) is 17.7 Å². The number of hydrogen-bond acceptors (Lipinski definition) is 5. The first kappa shape index (κ1) is 11.4. The van der Waals surface area contributed by atoms with Gasteiger partial charge in [0, 0.05) is 12.7 Å². The molecule has 16 heavy (non-hydrogen) atoms. The minimum atomic E-state index is 0.176. The van der Waals surface area contributed by atoms with Crippen LogP contribution in [-0.4, -0.2) is 28.7 Å². The SMILES string of the molecule is CC(Nc1cc(Cl)nc(N)n1)C1CCCO1. The number of nitrogens with zero attached hydrogens (tertiary/aromatic N) is 2. The maximum absolute atomic E-state index is 5.79. The van der Waals surface area contributed by atoms with Gasteiger partial charge in [-0.25, -0.2) is 4.98 Å². The minimum absolute atomic E-state index is 0.176. The van der Waals surface area contributed by atoms with Crippen molar-refractivity contribution in [1.29, 1.82) is 0 Å². The molecule has 0 radical (unpaired) electrons. The Kier molecular flexibility index (Phi) is 3.46. The quantitative estimate of drug-likeness (QED) is 0.790. The van der Waals surface area contributed by atoms with Crippen molar-refractivity contribution in [3.05, 3.63) is 11.2 Å². The molecule has 5 nitrogen and oxygen atoms in total. The molecule has 0 bridgehead atoms. The highest BCUT2D eigenvalue weighted by Gasteiger charge is 2.22. The van der Waals surface area contributed by atoms with Gasteiger partial charge in [-0.3, -0.25) is 0 Å². The number of nitrogens with one attached hydrogen (secondary N) is 1. The van der Waals surface area contributed by atoms with Gasteiger partial charge in [-0.2, -0.15) is 4.98 Å². The Hall–Kier alpha value is -1.07. The predicted octanol–water partition coefficient (Wildman–Crippen LogP) is 1.69. The summed E-state index contributed by atoms with van der Waals surface area (Å²) in [6.45, 7) is 2.89. The van der Waals surface area contributed by atoms with Crippen LogP contribution < -0.4 is 11.1 Å². The Bertz CT molecular complexity index is 348. The van der Waals surface area contributed by atoms with Gasteiger partial charge in [0.2, 0.25) is 5.95 Å². The average Bonchev–Trinajstić information content (AvgIpc) is 2.68. The molecule has 0 amide bonds. The molecule has 1 saturated heterocycles. The first-order valence-electron chi connectivity index (χ1n) is 5.33. The average molecular weight is 243 g/mol. The number of nitrogens with two attached hydrogens (primary N) is 1. The summed E-state index contributed by atoms with van der Waals surface area (Å²) in [6, 6.07) is 1.84. The molecule has 1 aliphatic heterocycles. The number of hydrogen-bond donors (Lipinski definition) is 2. The van der Waals surface area contributed by atoms with Crippen LogP contribution in [0.15, 0.2) is 6.07 Å². The number of aromatic nitrogens is 2. The zero-order valence-electron chi connectivity index (χ0n) is 9.11. The Morgan fingerprint density at radius 2 is 2.44 bits per heavy atom. The van der Waals surface area contributed by atoms with Crippen LogP contribution >= 0.6 is 11.6 Å². The lowest BCUT2D eigenvalue weighted by molar-refractivity contribution is 0.0995. The standard InChI is InChI=1S/C10H15ClN4O/c1-6(7-3-2-4-16-7)13-9-5-8(11)14-10(12)15-9/h5-7H,2-4H2,1H3,(H3,12,13,14,15). The molecule has 0 aromatic carbocycles. The van der Waals surface area contributed by atoms with E-state index in [0.29, 0.717) is 11.0 Å². The molecule has 1 aliphatic rings. The second kappa shape index (κ2) is 4.84. The molecular weight excluding hydrogens is 228 g/mol.